The normalized spacial score (nSPS) is 12.0. The minimum Gasteiger partial charge on any atom is -0.472 e. The molecule has 2 aromatic heterocycles. The van der Waals surface area contributed by atoms with Gasteiger partial charge in [0.05, 0.1) is 18.9 Å². The number of H-pyrrole nitrogens is 1. The number of carbonyl (C=O) groups is 2. The van der Waals surface area contributed by atoms with E-state index < -0.39 is 12.0 Å². The number of carbonyl (C=O) groups excluding carboxylic acids is 2. The molecule has 0 saturated heterocycles. The van der Waals surface area contributed by atoms with Crippen LogP contribution in [0.25, 0.3) is 10.9 Å². The van der Waals surface area contributed by atoms with Gasteiger partial charge in [0.15, 0.2) is 0 Å². The highest BCUT2D eigenvalue weighted by Gasteiger charge is 2.24. The Balaban J connectivity index is 1.82. The van der Waals surface area contributed by atoms with Gasteiger partial charge in [-0.05, 0) is 17.7 Å². The summed E-state index contributed by atoms with van der Waals surface area (Å²) in [5, 5.41) is 3.70. The number of rotatable bonds is 5. The van der Waals surface area contributed by atoms with Crippen molar-refractivity contribution in [2.75, 3.05) is 7.11 Å². The molecule has 0 fully saturated rings. The third-order valence-corrected chi connectivity index (χ3v) is 3.67. The molecular formula is C17H16N2O4. The highest BCUT2D eigenvalue weighted by Crippen LogP contribution is 2.19. The summed E-state index contributed by atoms with van der Waals surface area (Å²) in [4.78, 5) is 27.3. The van der Waals surface area contributed by atoms with Crippen LogP contribution in [0.15, 0.2) is 53.5 Å². The zero-order chi connectivity index (χ0) is 16.2. The molecule has 2 N–H and O–H groups in total. The summed E-state index contributed by atoms with van der Waals surface area (Å²) in [7, 11) is 1.30. The van der Waals surface area contributed by atoms with Crippen molar-refractivity contribution in [2.45, 2.75) is 12.5 Å². The number of benzene rings is 1. The van der Waals surface area contributed by atoms with Gasteiger partial charge in [0.25, 0.3) is 5.91 Å². The van der Waals surface area contributed by atoms with Gasteiger partial charge in [-0.25, -0.2) is 4.79 Å². The second kappa shape index (κ2) is 6.39. The Morgan fingerprint density at radius 3 is 2.87 bits per heavy atom. The summed E-state index contributed by atoms with van der Waals surface area (Å²) in [5.41, 5.74) is 2.27. The predicted molar refractivity (Wildman–Crippen MR) is 84.0 cm³/mol. The lowest BCUT2D eigenvalue weighted by Gasteiger charge is -2.15. The number of hydrogen-bond acceptors (Lipinski definition) is 4. The molecular weight excluding hydrogens is 296 g/mol. The van der Waals surface area contributed by atoms with Crippen LogP contribution < -0.4 is 5.32 Å². The maximum absolute atomic E-state index is 12.1. The number of methoxy groups -OCH3 is 1. The second-order valence-corrected chi connectivity index (χ2v) is 5.12. The number of furan rings is 1. The van der Waals surface area contributed by atoms with Crippen LogP contribution in [-0.2, 0) is 16.0 Å². The van der Waals surface area contributed by atoms with Gasteiger partial charge in [0.1, 0.15) is 12.3 Å². The van der Waals surface area contributed by atoms with Crippen LogP contribution in [-0.4, -0.2) is 30.0 Å². The first kappa shape index (κ1) is 14.9. The standard InChI is InChI=1S/C17H16N2O4/c1-22-17(21)15(19-16(20)11-6-7-23-10-11)8-12-9-18-14-5-3-2-4-13(12)14/h2-7,9-10,15,18H,8H2,1H3,(H,19,20). The highest BCUT2D eigenvalue weighted by atomic mass is 16.5. The van der Waals surface area contributed by atoms with Crippen molar-refractivity contribution in [3.63, 3.8) is 0 Å². The molecule has 23 heavy (non-hydrogen) atoms. The Hall–Kier alpha value is -3.02. The highest BCUT2D eigenvalue weighted by molar-refractivity contribution is 5.96. The van der Waals surface area contributed by atoms with E-state index in [2.05, 4.69) is 10.3 Å². The smallest absolute Gasteiger partial charge is 0.328 e. The number of aromatic nitrogens is 1. The largest absolute Gasteiger partial charge is 0.472 e. The van der Waals surface area contributed by atoms with Crippen LogP contribution >= 0.6 is 0 Å². The topological polar surface area (TPSA) is 84.3 Å². The zero-order valence-corrected chi connectivity index (χ0v) is 12.5. The molecule has 0 aliphatic heterocycles. The Morgan fingerprint density at radius 2 is 2.13 bits per heavy atom. The van der Waals surface area contributed by atoms with Crippen molar-refractivity contribution in [2.24, 2.45) is 0 Å². The van der Waals surface area contributed by atoms with Crippen LogP contribution in [0.1, 0.15) is 15.9 Å². The number of para-hydroxylation sites is 1. The fourth-order valence-corrected chi connectivity index (χ4v) is 2.49. The maximum atomic E-state index is 12.1. The number of esters is 1. The summed E-state index contributed by atoms with van der Waals surface area (Å²) in [5.74, 6) is -0.874. The molecule has 6 heteroatoms. The lowest BCUT2D eigenvalue weighted by molar-refractivity contribution is -0.142. The summed E-state index contributed by atoms with van der Waals surface area (Å²) in [6.45, 7) is 0. The lowest BCUT2D eigenvalue weighted by Crippen LogP contribution is -2.42. The van der Waals surface area contributed by atoms with Crippen molar-refractivity contribution in [3.8, 4) is 0 Å². The van der Waals surface area contributed by atoms with Gasteiger partial charge in [0.2, 0.25) is 0 Å². The van der Waals surface area contributed by atoms with Gasteiger partial charge >= 0.3 is 5.97 Å². The number of nitrogens with one attached hydrogen (secondary N) is 2. The maximum Gasteiger partial charge on any atom is 0.328 e. The molecule has 3 aromatic rings. The minimum absolute atomic E-state index is 0.334. The van der Waals surface area contributed by atoms with Gasteiger partial charge < -0.3 is 19.5 Å². The van der Waals surface area contributed by atoms with Crippen LogP contribution in [0.3, 0.4) is 0 Å². The molecule has 0 spiro atoms. The van der Waals surface area contributed by atoms with Crippen molar-refractivity contribution >= 4 is 22.8 Å². The van der Waals surface area contributed by atoms with E-state index in [1.807, 2.05) is 30.5 Å². The van der Waals surface area contributed by atoms with Crippen LogP contribution in [0.2, 0.25) is 0 Å². The molecule has 2 heterocycles. The van der Waals surface area contributed by atoms with Gasteiger partial charge in [-0.2, -0.15) is 0 Å². The summed E-state index contributed by atoms with van der Waals surface area (Å²) < 4.78 is 9.69. The second-order valence-electron chi connectivity index (χ2n) is 5.12. The molecule has 1 atom stereocenters. The van der Waals surface area contributed by atoms with Crippen LogP contribution in [0.4, 0.5) is 0 Å². The summed E-state index contributed by atoms with van der Waals surface area (Å²) in [6.07, 6.45) is 4.90. The first-order valence-electron chi connectivity index (χ1n) is 7.15. The summed E-state index contributed by atoms with van der Waals surface area (Å²) in [6, 6.07) is 8.54. The third kappa shape index (κ3) is 3.11. The quantitative estimate of drug-likeness (QED) is 0.708. The number of hydrogen-bond donors (Lipinski definition) is 2. The van der Waals surface area contributed by atoms with E-state index in [4.69, 9.17) is 9.15 Å². The Morgan fingerprint density at radius 1 is 1.30 bits per heavy atom. The van der Waals surface area contributed by atoms with Crippen LogP contribution in [0.5, 0.6) is 0 Å². The number of fused-ring (bicyclic) bond motifs is 1. The molecule has 0 aliphatic rings. The Labute approximate surface area is 132 Å². The van der Waals surface area contributed by atoms with E-state index in [0.29, 0.717) is 12.0 Å². The third-order valence-electron chi connectivity index (χ3n) is 3.67. The lowest BCUT2D eigenvalue weighted by atomic mass is 10.0. The van der Waals surface area contributed by atoms with E-state index in [-0.39, 0.29) is 5.91 Å². The average Bonchev–Trinajstić information content (AvgIpc) is 3.23. The number of ether oxygens (including phenoxy) is 1. The van der Waals surface area contributed by atoms with Gasteiger partial charge in [-0.1, -0.05) is 18.2 Å². The van der Waals surface area contributed by atoms with E-state index in [9.17, 15) is 9.59 Å². The van der Waals surface area contributed by atoms with E-state index in [0.717, 1.165) is 16.5 Å². The molecule has 0 radical (unpaired) electrons. The molecule has 1 aromatic carbocycles. The monoisotopic (exact) mass is 312 g/mol. The van der Waals surface area contributed by atoms with Gasteiger partial charge in [-0.3, -0.25) is 4.79 Å². The van der Waals surface area contributed by atoms with E-state index in [1.165, 1.54) is 25.7 Å². The molecule has 0 bridgehead atoms. The summed E-state index contributed by atoms with van der Waals surface area (Å²) >= 11 is 0. The van der Waals surface area contributed by atoms with Crippen LogP contribution in [0, 0.1) is 0 Å². The zero-order valence-electron chi connectivity index (χ0n) is 12.5. The average molecular weight is 312 g/mol. The molecule has 0 saturated carbocycles. The number of aromatic amines is 1. The van der Waals surface area contributed by atoms with E-state index >= 15 is 0 Å². The van der Waals surface area contributed by atoms with Gasteiger partial charge in [-0.15, -0.1) is 0 Å². The molecule has 0 aliphatic carbocycles. The SMILES string of the molecule is COC(=O)C(Cc1c[nH]c2ccccc12)NC(=O)c1ccoc1. The Bertz CT molecular complexity index is 820. The minimum atomic E-state index is -0.776. The van der Waals surface area contributed by atoms with E-state index in [1.54, 1.807) is 0 Å². The Kier molecular flexibility index (Phi) is 4.14. The van der Waals surface area contributed by atoms with Gasteiger partial charge in [0, 0.05) is 23.5 Å². The molecule has 118 valence electrons. The first-order valence-corrected chi connectivity index (χ1v) is 7.15. The molecule has 1 unspecified atom stereocenters. The van der Waals surface area contributed by atoms with Crippen molar-refractivity contribution < 1.29 is 18.7 Å². The fourth-order valence-electron chi connectivity index (χ4n) is 2.49. The molecule has 6 nitrogen and oxygen atoms in total. The predicted octanol–water partition coefficient (Wildman–Crippen LogP) is 2.28. The van der Waals surface area contributed by atoms with Crippen molar-refractivity contribution in [1.29, 1.82) is 0 Å². The van der Waals surface area contributed by atoms with Crippen molar-refractivity contribution in [3.05, 3.63) is 60.2 Å². The molecule has 1 amide bonds. The first-order chi connectivity index (χ1) is 11.2. The number of amides is 1. The fraction of sp³-hybridized carbons (Fsp3) is 0.176. The van der Waals surface area contributed by atoms with Crippen molar-refractivity contribution in [1.82, 2.24) is 10.3 Å². The molecule has 3 rings (SSSR count).